The molecule has 0 amide bonds. The fraction of sp³-hybridized carbons (Fsp3) is 0.208. The van der Waals surface area contributed by atoms with Crippen LogP contribution in [0.25, 0.3) is 33.8 Å². The minimum Gasteiger partial charge on any atom is -1.00 e. The molecule has 0 saturated carbocycles. The van der Waals surface area contributed by atoms with Crippen LogP contribution in [0, 0.1) is 62.3 Å². The van der Waals surface area contributed by atoms with E-state index in [0.29, 0.717) is 0 Å². The average Bonchev–Trinajstić information content (AvgIpc) is 3.23. The normalized spacial score (nSPS) is 12.8. The Morgan fingerprint density at radius 3 is 1.38 bits per heavy atom. The second kappa shape index (κ2) is 25.9. The van der Waals surface area contributed by atoms with Crippen LogP contribution in [0.15, 0.2) is 149 Å². The molecule has 2 aliphatic rings. The van der Waals surface area contributed by atoms with Gasteiger partial charge in [0.2, 0.25) is 0 Å². The predicted octanol–water partition coefficient (Wildman–Crippen LogP) is 9.23. The number of rotatable bonds is 5. The standard InChI is InChI=1S/C31H32NO.C22H23O.2BF3.2FH/c1-21-7-12-26(17-23(21)3)28-19-30(16-11-25-9-14-29(15-10-25)32(5)6)33-31(20-28)27-13-8-22(2)24(4)18-27;1-14-6-8-19(10-16(14)3)21-12-18(5)23-22(13-21)20-9-7-15(2)17(4)11-20;2*2-1(3)4;;/h7-20H,1-6H3;6-13H,1-5H3;;;2*1H/q2*+1;;;;/p-2. The van der Waals surface area contributed by atoms with Crippen LogP contribution in [0.4, 0.5) is 25.9 Å². The molecule has 1 aliphatic heterocycles. The van der Waals surface area contributed by atoms with Crippen LogP contribution in [0.3, 0.4) is 0 Å². The summed E-state index contributed by atoms with van der Waals surface area (Å²) in [5.74, 6) is 3.54. The number of ether oxygens (including phenoxy) is 1. The van der Waals surface area contributed by atoms with E-state index in [0.717, 1.165) is 45.3 Å². The van der Waals surface area contributed by atoms with Gasteiger partial charge in [-0.05, 0) is 171 Å². The van der Waals surface area contributed by atoms with E-state index in [1.165, 1.54) is 66.9 Å². The van der Waals surface area contributed by atoms with E-state index in [4.69, 9.17) is 9.15 Å². The lowest BCUT2D eigenvalue weighted by Gasteiger charge is -2.19. The summed E-state index contributed by atoms with van der Waals surface area (Å²) in [6.45, 7) is 19.2. The van der Waals surface area contributed by atoms with Gasteiger partial charge in [0.25, 0.3) is 0 Å². The van der Waals surface area contributed by atoms with Crippen LogP contribution in [-0.4, -0.2) is 39.5 Å². The van der Waals surface area contributed by atoms with Crippen LogP contribution in [0.5, 0.6) is 0 Å². The highest BCUT2D eigenvalue weighted by Crippen LogP contribution is 2.34. The van der Waals surface area contributed by atoms with E-state index in [2.05, 4.69) is 208 Å². The van der Waals surface area contributed by atoms with E-state index in [1.807, 2.05) is 6.92 Å². The molecule has 1 aromatic heterocycles. The molecule has 0 radical (unpaired) electrons. The van der Waals surface area contributed by atoms with Crippen molar-refractivity contribution in [1.29, 1.82) is 0 Å². The molecule has 0 fully saturated rings. The van der Waals surface area contributed by atoms with Gasteiger partial charge in [-0.3, -0.25) is 25.9 Å². The average molecular weight is 912 g/mol. The molecule has 0 N–H and O–H groups in total. The Hall–Kier alpha value is -6.49. The summed E-state index contributed by atoms with van der Waals surface area (Å²) in [5.41, 5.74) is 19.7. The van der Waals surface area contributed by atoms with E-state index in [-0.39, 0.29) is 9.41 Å². The molecule has 0 bridgehead atoms. The Bertz CT molecular complexity index is 2590. The van der Waals surface area contributed by atoms with Gasteiger partial charge >= 0.3 is 26.6 Å². The number of halogens is 8. The quantitative estimate of drug-likeness (QED) is 0.0761. The van der Waals surface area contributed by atoms with Crippen molar-refractivity contribution in [3.8, 4) is 22.5 Å². The molecule has 13 heteroatoms. The van der Waals surface area contributed by atoms with Crippen LogP contribution in [-0.2, 0) is 4.74 Å². The van der Waals surface area contributed by atoms with E-state index >= 15 is 0 Å². The molecule has 0 saturated heterocycles. The smallest absolute Gasteiger partial charge is 0.762 e. The zero-order valence-electron chi connectivity index (χ0n) is 39.1. The lowest BCUT2D eigenvalue weighted by molar-refractivity contribution is -0.462. The highest BCUT2D eigenvalue weighted by molar-refractivity contribution is 6.33. The number of benzene rings is 4. The Morgan fingerprint density at radius 2 is 0.894 bits per heavy atom. The van der Waals surface area contributed by atoms with Crippen molar-refractivity contribution < 1.29 is 49.0 Å². The van der Waals surface area contributed by atoms with E-state index < -0.39 is 15.1 Å². The molecule has 1 aliphatic carbocycles. The largest absolute Gasteiger partial charge is 1.00 e. The van der Waals surface area contributed by atoms with Gasteiger partial charge < -0.3 is 14.1 Å². The van der Waals surface area contributed by atoms with Crippen molar-refractivity contribution in [3.63, 3.8) is 0 Å². The maximum Gasteiger partial charge on any atom is 0.762 e. The molecule has 5 aromatic rings. The highest BCUT2D eigenvalue weighted by atomic mass is 19.4. The molecule has 3 nitrogen and oxygen atoms in total. The van der Waals surface area contributed by atoms with Gasteiger partial charge in [0.15, 0.2) is 5.71 Å². The van der Waals surface area contributed by atoms with E-state index in [9.17, 15) is 25.9 Å². The van der Waals surface area contributed by atoms with Crippen molar-refractivity contribution >= 4 is 32.1 Å². The topological polar surface area (TPSA) is 23.5 Å². The van der Waals surface area contributed by atoms with Crippen LogP contribution in [0.1, 0.15) is 61.4 Å². The van der Waals surface area contributed by atoms with Crippen LogP contribution in [0.2, 0.25) is 0 Å². The number of nitrogens with zero attached hydrogens (tertiary/aromatic N) is 1. The number of allylic oxidation sites excluding steroid dienone is 10. The van der Waals surface area contributed by atoms with Gasteiger partial charge in [-0.2, -0.15) is 0 Å². The van der Waals surface area contributed by atoms with Gasteiger partial charge in [-0.15, -0.1) is 0 Å². The van der Waals surface area contributed by atoms with Crippen LogP contribution < -0.4 is 9.41 Å². The molecule has 0 unspecified atom stereocenters. The molecular weight excluding hydrogens is 856 g/mol. The van der Waals surface area contributed by atoms with Gasteiger partial charge in [0.05, 0.1) is 18.6 Å². The zero-order chi connectivity index (χ0) is 47.2. The SMILES string of the molecule is Cc1cc(-c2ccc(C)c(C)c2)cc(-c2ccc(C)c(C)c2)[o+]1.Cc1ccc(C2=CC(=CC=C3C=CC(=[N+](C)C)C=C3)OC(c3ccc(C)c(C)c3)=C2)cc1C.FB(F)F.FB(F)F.[F-].[F-]. The third-order valence-electron chi connectivity index (χ3n) is 10.8. The Balaban J connectivity index is 0.000000395. The third kappa shape index (κ3) is 16.8. The second-order valence-corrected chi connectivity index (χ2v) is 15.9. The lowest BCUT2D eigenvalue weighted by atomic mass is 9.96. The van der Waals surface area contributed by atoms with Gasteiger partial charge in [0.1, 0.15) is 25.6 Å². The third-order valence-corrected chi connectivity index (χ3v) is 10.8. The summed E-state index contributed by atoms with van der Waals surface area (Å²) in [4.78, 5) is 0. The molecule has 4 aromatic carbocycles. The molecule has 66 heavy (non-hydrogen) atoms. The van der Waals surface area contributed by atoms with E-state index in [1.54, 1.807) is 0 Å². The Labute approximate surface area is 385 Å². The van der Waals surface area contributed by atoms with Crippen molar-refractivity contribution in [3.05, 3.63) is 206 Å². The number of aryl methyl sites for hydroxylation is 9. The zero-order valence-corrected chi connectivity index (χ0v) is 39.1. The minimum atomic E-state index is -3.67. The molecular formula is C53H55B2F8NO2. The van der Waals surface area contributed by atoms with Crippen molar-refractivity contribution in [2.24, 2.45) is 0 Å². The first-order chi connectivity index (χ1) is 30.2. The maximum absolute atomic E-state index is 9.67. The molecule has 2 heterocycles. The van der Waals surface area contributed by atoms with Gasteiger partial charge in [-0.1, -0.05) is 60.7 Å². The molecule has 7 rings (SSSR count). The summed E-state index contributed by atoms with van der Waals surface area (Å²) in [6, 6.07) is 30.4. The van der Waals surface area contributed by atoms with Crippen molar-refractivity contribution in [1.82, 2.24) is 0 Å². The lowest BCUT2D eigenvalue weighted by Crippen LogP contribution is -3.00. The maximum atomic E-state index is 9.67. The minimum absolute atomic E-state index is 0. The fourth-order valence-electron chi connectivity index (χ4n) is 6.55. The summed E-state index contributed by atoms with van der Waals surface area (Å²) in [6.07, 6.45) is 16.9. The summed E-state index contributed by atoms with van der Waals surface area (Å²) in [7, 11) is -3.23. The first kappa shape index (κ1) is 55.6. The summed E-state index contributed by atoms with van der Waals surface area (Å²) < 4.78 is 72.4. The van der Waals surface area contributed by atoms with Crippen molar-refractivity contribution in [2.75, 3.05) is 14.1 Å². The monoisotopic (exact) mass is 911 g/mol. The summed E-state index contributed by atoms with van der Waals surface area (Å²) in [5, 5.41) is 0. The number of hydrogen-bond acceptors (Lipinski definition) is 1. The first-order valence-electron chi connectivity index (χ1n) is 20.7. The molecule has 346 valence electrons. The highest BCUT2D eigenvalue weighted by Gasteiger charge is 2.18. The van der Waals surface area contributed by atoms with Crippen molar-refractivity contribution in [2.45, 2.75) is 62.3 Å². The van der Waals surface area contributed by atoms with Crippen LogP contribution >= 0.6 is 0 Å². The summed E-state index contributed by atoms with van der Waals surface area (Å²) >= 11 is 0. The Morgan fingerprint density at radius 1 is 0.470 bits per heavy atom. The molecule has 0 spiro atoms. The van der Waals surface area contributed by atoms with Gasteiger partial charge in [0, 0.05) is 29.3 Å². The fourth-order valence-corrected chi connectivity index (χ4v) is 6.55. The number of hydrogen-bond donors (Lipinski definition) is 0. The Kier molecular flexibility index (Phi) is 21.8. The predicted molar refractivity (Wildman–Crippen MR) is 256 cm³/mol. The van der Waals surface area contributed by atoms with Gasteiger partial charge in [-0.25, -0.2) is 8.99 Å². The first-order valence-corrected chi connectivity index (χ1v) is 20.7. The second-order valence-electron chi connectivity index (χ2n) is 15.9. The molecule has 0 atom stereocenters.